The van der Waals surface area contributed by atoms with Gasteiger partial charge in [0.2, 0.25) is 5.91 Å². The van der Waals surface area contributed by atoms with Crippen LogP contribution < -0.4 is 16.4 Å². The molecular formula is C17H27N3O3. The Labute approximate surface area is 137 Å². The number of urea groups is 1. The first kappa shape index (κ1) is 19.0. The average Bonchev–Trinajstić information content (AvgIpc) is 2.54. The maximum atomic E-state index is 12.2. The van der Waals surface area contributed by atoms with Crippen LogP contribution in [0.2, 0.25) is 0 Å². The van der Waals surface area contributed by atoms with E-state index in [2.05, 4.69) is 17.6 Å². The maximum absolute atomic E-state index is 12.2. The van der Waals surface area contributed by atoms with Gasteiger partial charge >= 0.3 is 6.03 Å². The monoisotopic (exact) mass is 321 g/mol. The second-order valence-electron chi connectivity index (χ2n) is 5.36. The van der Waals surface area contributed by atoms with Crippen LogP contribution >= 0.6 is 0 Å². The lowest BCUT2D eigenvalue weighted by atomic mass is 10.1. The quantitative estimate of drug-likeness (QED) is 0.540. The number of ether oxygens (including phenoxy) is 1. The Balaban J connectivity index is 2.36. The second-order valence-corrected chi connectivity index (χ2v) is 5.36. The summed E-state index contributed by atoms with van der Waals surface area (Å²) in [5.74, 6) is -0.235. The van der Waals surface area contributed by atoms with E-state index in [9.17, 15) is 9.59 Å². The molecule has 0 aliphatic heterocycles. The molecule has 23 heavy (non-hydrogen) atoms. The van der Waals surface area contributed by atoms with Gasteiger partial charge in [0.1, 0.15) is 6.04 Å². The lowest BCUT2D eigenvalue weighted by molar-refractivity contribution is -0.122. The SMILES string of the molecule is CCCCOCCCNC(=O)[C@@H](Cc1ccccc1)NC(N)=O. The number of hydrogen-bond acceptors (Lipinski definition) is 3. The number of carbonyl (C=O) groups excluding carboxylic acids is 2. The summed E-state index contributed by atoms with van der Waals surface area (Å²) in [4.78, 5) is 23.3. The molecule has 0 aliphatic carbocycles. The van der Waals surface area contributed by atoms with Crippen molar-refractivity contribution in [2.75, 3.05) is 19.8 Å². The Bertz CT molecular complexity index is 465. The van der Waals surface area contributed by atoms with Crippen LogP contribution in [0.15, 0.2) is 30.3 Å². The van der Waals surface area contributed by atoms with Crippen LogP contribution in [0.1, 0.15) is 31.7 Å². The van der Waals surface area contributed by atoms with Crippen molar-refractivity contribution < 1.29 is 14.3 Å². The first-order chi connectivity index (χ1) is 11.1. The average molecular weight is 321 g/mol. The molecule has 0 spiro atoms. The lowest BCUT2D eigenvalue weighted by Gasteiger charge is -2.17. The summed E-state index contributed by atoms with van der Waals surface area (Å²) in [6.45, 7) is 4.00. The summed E-state index contributed by atoms with van der Waals surface area (Å²) >= 11 is 0. The van der Waals surface area contributed by atoms with E-state index in [1.807, 2.05) is 30.3 Å². The van der Waals surface area contributed by atoms with Crippen molar-refractivity contribution in [3.8, 4) is 0 Å². The molecule has 1 aromatic rings. The van der Waals surface area contributed by atoms with Crippen LogP contribution in [0, 0.1) is 0 Å². The molecule has 1 rings (SSSR count). The van der Waals surface area contributed by atoms with Crippen molar-refractivity contribution in [3.05, 3.63) is 35.9 Å². The third-order valence-corrected chi connectivity index (χ3v) is 3.32. The van der Waals surface area contributed by atoms with Gasteiger partial charge in [-0.15, -0.1) is 0 Å². The van der Waals surface area contributed by atoms with Crippen molar-refractivity contribution in [2.24, 2.45) is 5.73 Å². The number of amides is 3. The van der Waals surface area contributed by atoms with Gasteiger partial charge in [-0.3, -0.25) is 4.79 Å². The number of benzene rings is 1. The molecule has 0 aromatic heterocycles. The molecule has 1 atom stereocenters. The number of nitrogens with one attached hydrogen (secondary N) is 2. The Morgan fingerprint density at radius 3 is 2.52 bits per heavy atom. The van der Waals surface area contributed by atoms with E-state index in [4.69, 9.17) is 10.5 Å². The molecule has 0 aliphatic rings. The van der Waals surface area contributed by atoms with E-state index in [1.165, 1.54) is 0 Å². The van der Waals surface area contributed by atoms with Gasteiger partial charge in [0.05, 0.1) is 0 Å². The summed E-state index contributed by atoms with van der Waals surface area (Å²) in [5.41, 5.74) is 6.12. The van der Waals surface area contributed by atoms with Gasteiger partial charge < -0.3 is 21.1 Å². The molecule has 0 saturated heterocycles. The van der Waals surface area contributed by atoms with Gasteiger partial charge in [-0.2, -0.15) is 0 Å². The Hall–Kier alpha value is -2.08. The molecule has 6 heteroatoms. The maximum Gasteiger partial charge on any atom is 0.312 e. The molecule has 0 heterocycles. The number of primary amides is 1. The fourth-order valence-corrected chi connectivity index (χ4v) is 2.09. The summed E-state index contributed by atoms with van der Waals surface area (Å²) in [5, 5.41) is 5.30. The predicted molar refractivity (Wildman–Crippen MR) is 90.0 cm³/mol. The summed E-state index contributed by atoms with van der Waals surface area (Å²) < 4.78 is 5.44. The van der Waals surface area contributed by atoms with Gasteiger partial charge in [-0.1, -0.05) is 43.7 Å². The molecule has 4 N–H and O–H groups in total. The molecule has 0 radical (unpaired) electrons. The Morgan fingerprint density at radius 1 is 1.17 bits per heavy atom. The number of rotatable bonds is 11. The third-order valence-electron chi connectivity index (χ3n) is 3.32. The van der Waals surface area contributed by atoms with Crippen LogP contribution in [0.3, 0.4) is 0 Å². The van der Waals surface area contributed by atoms with Crippen molar-refractivity contribution in [3.63, 3.8) is 0 Å². The topological polar surface area (TPSA) is 93.4 Å². The number of unbranched alkanes of at least 4 members (excludes halogenated alkanes) is 1. The summed E-state index contributed by atoms with van der Waals surface area (Å²) in [6.07, 6.45) is 3.30. The summed E-state index contributed by atoms with van der Waals surface area (Å²) in [7, 11) is 0. The molecule has 0 fully saturated rings. The molecule has 6 nitrogen and oxygen atoms in total. The highest BCUT2D eigenvalue weighted by Gasteiger charge is 2.19. The third kappa shape index (κ3) is 8.83. The van der Waals surface area contributed by atoms with Crippen molar-refractivity contribution >= 4 is 11.9 Å². The smallest absolute Gasteiger partial charge is 0.312 e. The Kier molecular flexibility index (Phi) is 9.47. The van der Waals surface area contributed by atoms with Gasteiger partial charge in [-0.05, 0) is 18.4 Å². The first-order valence-electron chi connectivity index (χ1n) is 8.08. The van der Waals surface area contributed by atoms with Gasteiger partial charge in [0.25, 0.3) is 0 Å². The highest BCUT2D eigenvalue weighted by atomic mass is 16.5. The highest BCUT2D eigenvalue weighted by Crippen LogP contribution is 2.03. The normalized spacial score (nSPS) is 11.7. The molecule has 1 aromatic carbocycles. The van der Waals surface area contributed by atoms with E-state index in [0.29, 0.717) is 19.6 Å². The van der Waals surface area contributed by atoms with Crippen molar-refractivity contribution in [1.82, 2.24) is 10.6 Å². The van der Waals surface area contributed by atoms with Crippen LogP contribution in [0.5, 0.6) is 0 Å². The van der Waals surface area contributed by atoms with E-state index < -0.39 is 12.1 Å². The zero-order chi connectivity index (χ0) is 16.9. The second kappa shape index (κ2) is 11.5. The fourth-order valence-electron chi connectivity index (χ4n) is 2.09. The number of hydrogen-bond donors (Lipinski definition) is 3. The van der Waals surface area contributed by atoms with Gasteiger partial charge in [-0.25, -0.2) is 4.79 Å². The van der Waals surface area contributed by atoms with E-state index in [1.54, 1.807) is 0 Å². The molecule has 128 valence electrons. The number of nitrogens with two attached hydrogens (primary N) is 1. The van der Waals surface area contributed by atoms with E-state index >= 15 is 0 Å². The van der Waals surface area contributed by atoms with E-state index in [0.717, 1.165) is 31.4 Å². The van der Waals surface area contributed by atoms with Crippen LogP contribution in [-0.2, 0) is 16.0 Å². The molecule has 0 saturated carbocycles. The van der Waals surface area contributed by atoms with Crippen LogP contribution in [0.4, 0.5) is 4.79 Å². The molecule has 3 amide bonds. The van der Waals surface area contributed by atoms with Crippen molar-refractivity contribution in [2.45, 2.75) is 38.6 Å². The zero-order valence-electron chi connectivity index (χ0n) is 13.7. The van der Waals surface area contributed by atoms with E-state index in [-0.39, 0.29) is 5.91 Å². The van der Waals surface area contributed by atoms with Gasteiger partial charge in [0, 0.05) is 26.2 Å². The molecule has 0 bridgehead atoms. The highest BCUT2D eigenvalue weighted by molar-refractivity contribution is 5.86. The Morgan fingerprint density at radius 2 is 1.87 bits per heavy atom. The first-order valence-corrected chi connectivity index (χ1v) is 8.08. The molecular weight excluding hydrogens is 294 g/mol. The minimum Gasteiger partial charge on any atom is -0.381 e. The zero-order valence-corrected chi connectivity index (χ0v) is 13.7. The minimum atomic E-state index is -0.705. The largest absolute Gasteiger partial charge is 0.381 e. The number of carbonyl (C=O) groups is 2. The van der Waals surface area contributed by atoms with Gasteiger partial charge in [0.15, 0.2) is 0 Å². The molecule has 0 unspecified atom stereocenters. The lowest BCUT2D eigenvalue weighted by Crippen LogP contribution is -2.50. The van der Waals surface area contributed by atoms with Crippen molar-refractivity contribution in [1.29, 1.82) is 0 Å². The predicted octanol–water partition coefficient (Wildman–Crippen LogP) is 1.59. The fraction of sp³-hybridized carbons (Fsp3) is 0.529. The minimum absolute atomic E-state index is 0.235. The van der Waals surface area contributed by atoms with Crippen LogP contribution in [-0.4, -0.2) is 37.7 Å². The standard InChI is InChI=1S/C17H27N3O3/c1-2-3-11-23-12-7-10-19-16(21)15(20-17(18)22)13-14-8-5-4-6-9-14/h4-6,8-9,15H,2-3,7,10-13H2,1H3,(H,19,21)(H3,18,20,22)/t15-/m1/s1. The van der Waals surface area contributed by atoms with Crippen LogP contribution in [0.25, 0.3) is 0 Å². The summed E-state index contributed by atoms with van der Waals surface area (Å²) in [6, 6.07) is 8.12.